The Kier molecular flexibility index (Phi) is 3.37. The molecule has 2 aliphatic carbocycles. The van der Waals surface area contributed by atoms with Crippen LogP contribution in [-0.4, -0.2) is 0 Å². The quantitative estimate of drug-likeness (QED) is 0.303. The van der Waals surface area contributed by atoms with E-state index in [2.05, 4.69) is 94.3 Å². The summed E-state index contributed by atoms with van der Waals surface area (Å²) < 4.78 is 2.39. The Morgan fingerprint density at radius 2 is 1.52 bits per heavy atom. The molecule has 124 valence electrons. The molecule has 0 spiro atoms. The zero-order chi connectivity index (χ0) is 17.3. The van der Waals surface area contributed by atoms with Crippen molar-refractivity contribution >= 4 is 59.0 Å². The van der Waals surface area contributed by atoms with Gasteiger partial charge in [0.2, 0.25) is 0 Å². The molecule has 0 bridgehead atoms. The fourth-order valence-electron chi connectivity index (χ4n) is 4.56. The van der Waals surface area contributed by atoms with Crippen molar-refractivity contribution in [2.24, 2.45) is 0 Å². The summed E-state index contributed by atoms with van der Waals surface area (Å²) in [6, 6.07) is 13.4. The van der Waals surface area contributed by atoms with Crippen LogP contribution in [0, 0.1) is 0 Å². The standard InChI is InChI=1S/C23H18Br2/c1-23(2)19-10-6-5-7-13(19)16-11-17-18(12-20(16)23)22(25)15-9-4-3-8-14(15)21(17)24/h3-4,6,8-12H,5,7H2,1-2H3. The van der Waals surface area contributed by atoms with E-state index in [1.165, 1.54) is 47.2 Å². The Labute approximate surface area is 164 Å². The summed E-state index contributed by atoms with van der Waals surface area (Å²) in [5.74, 6) is 0. The maximum Gasteiger partial charge on any atom is 0.0333 e. The van der Waals surface area contributed by atoms with Crippen LogP contribution in [0.2, 0.25) is 0 Å². The Morgan fingerprint density at radius 1 is 0.880 bits per heavy atom. The molecule has 5 rings (SSSR count). The van der Waals surface area contributed by atoms with Crippen LogP contribution >= 0.6 is 31.9 Å². The lowest BCUT2D eigenvalue weighted by Crippen LogP contribution is -2.16. The van der Waals surface area contributed by atoms with Crippen LogP contribution in [0.5, 0.6) is 0 Å². The van der Waals surface area contributed by atoms with E-state index in [1.807, 2.05) is 0 Å². The second-order valence-corrected chi connectivity index (χ2v) is 9.16. The molecule has 3 aromatic rings. The van der Waals surface area contributed by atoms with Crippen molar-refractivity contribution in [1.29, 1.82) is 0 Å². The number of benzene rings is 3. The molecule has 0 saturated carbocycles. The van der Waals surface area contributed by atoms with Gasteiger partial charge < -0.3 is 0 Å². The highest BCUT2D eigenvalue weighted by Crippen LogP contribution is 2.52. The summed E-state index contributed by atoms with van der Waals surface area (Å²) in [6.45, 7) is 4.72. The molecule has 0 amide bonds. The van der Waals surface area contributed by atoms with Crippen molar-refractivity contribution in [2.75, 3.05) is 0 Å². The molecular weight excluding hydrogens is 436 g/mol. The molecule has 0 atom stereocenters. The van der Waals surface area contributed by atoms with Crippen molar-refractivity contribution in [3.05, 3.63) is 74.2 Å². The molecule has 0 fully saturated rings. The van der Waals surface area contributed by atoms with Gasteiger partial charge in [-0.05, 0) is 101 Å². The minimum atomic E-state index is 0.0767. The molecule has 25 heavy (non-hydrogen) atoms. The highest BCUT2D eigenvalue weighted by atomic mass is 79.9. The first-order chi connectivity index (χ1) is 12.0. The van der Waals surface area contributed by atoms with Gasteiger partial charge in [-0.25, -0.2) is 0 Å². The molecule has 0 saturated heterocycles. The second-order valence-electron chi connectivity index (χ2n) is 7.58. The van der Waals surface area contributed by atoms with E-state index in [9.17, 15) is 0 Å². The molecule has 2 aliphatic rings. The molecule has 0 N–H and O–H groups in total. The molecular formula is C23H18Br2. The summed E-state index contributed by atoms with van der Waals surface area (Å²) >= 11 is 7.78. The second kappa shape index (κ2) is 5.31. The SMILES string of the molecule is CC1(C)C2=C(CCC=C2)c2cc3c(Br)c4ccccc4c(Br)c3cc21. The first-order valence-electron chi connectivity index (χ1n) is 8.74. The van der Waals surface area contributed by atoms with Crippen molar-refractivity contribution in [2.45, 2.75) is 32.1 Å². The van der Waals surface area contributed by atoms with Gasteiger partial charge in [-0.3, -0.25) is 0 Å². The predicted octanol–water partition coefficient (Wildman–Crippen LogP) is 7.91. The average molecular weight is 454 g/mol. The van der Waals surface area contributed by atoms with Gasteiger partial charge in [-0.2, -0.15) is 0 Å². The highest BCUT2D eigenvalue weighted by molar-refractivity contribution is 9.11. The summed E-state index contributed by atoms with van der Waals surface area (Å²) in [6.07, 6.45) is 6.98. The number of hydrogen-bond donors (Lipinski definition) is 0. The monoisotopic (exact) mass is 452 g/mol. The summed E-state index contributed by atoms with van der Waals surface area (Å²) in [4.78, 5) is 0. The minimum Gasteiger partial charge on any atom is -0.0839 e. The van der Waals surface area contributed by atoms with Crippen LogP contribution in [0.1, 0.15) is 37.8 Å². The Hall–Kier alpha value is -1.38. The third-order valence-electron chi connectivity index (χ3n) is 5.87. The van der Waals surface area contributed by atoms with Crippen LogP contribution in [0.3, 0.4) is 0 Å². The van der Waals surface area contributed by atoms with Gasteiger partial charge in [0.1, 0.15) is 0 Å². The van der Waals surface area contributed by atoms with Gasteiger partial charge in [-0.15, -0.1) is 0 Å². The van der Waals surface area contributed by atoms with Crippen molar-refractivity contribution in [3.8, 4) is 0 Å². The zero-order valence-corrected chi connectivity index (χ0v) is 17.5. The van der Waals surface area contributed by atoms with Crippen LogP contribution in [0.25, 0.3) is 27.1 Å². The maximum atomic E-state index is 3.89. The van der Waals surface area contributed by atoms with E-state index in [4.69, 9.17) is 0 Å². The van der Waals surface area contributed by atoms with Crippen molar-refractivity contribution in [1.82, 2.24) is 0 Å². The van der Waals surface area contributed by atoms with Crippen LogP contribution in [-0.2, 0) is 5.41 Å². The number of rotatable bonds is 0. The number of fused-ring (bicyclic) bond motifs is 4. The van der Waals surface area contributed by atoms with Gasteiger partial charge >= 0.3 is 0 Å². The van der Waals surface area contributed by atoms with E-state index in [0.717, 1.165) is 12.8 Å². The minimum absolute atomic E-state index is 0.0767. The zero-order valence-electron chi connectivity index (χ0n) is 14.3. The normalized spacial score (nSPS) is 18.1. The first-order valence-corrected chi connectivity index (χ1v) is 10.3. The van der Waals surface area contributed by atoms with Gasteiger partial charge in [0.15, 0.2) is 0 Å². The first kappa shape index (κ1) is 15.8. The summed E-state index contributed by atoms with van der Waals surface area (Å²) in [7, 11) is 0. The van der Waals surface area contributed by atoms with E-state index in [-0.39, 0.29) is 5.41 Å². The van der Waals surface area contributed by atoms with E-state index < -0.39 is 0 Å². The van der Waals surface area contributed by atoms with Crippen LogP contribution < -0.4 is 0 Å². The van der Waals surface area contributed by atoms with Gasteiger partial charge in [0, 0.05) is 14.4 Å². The fourth-order valence-corrected chi connectivity index (χ4v) is 5.91. The van der Waals surface area contributed by atoms with Gasteiger partial charge in [0.25, 0.3) is 0 Å². The Balaban J connectivity index is 1.94. The lowest BCUT2D eigenvalue weighted by molar-refractivity contribution is 0.652. The molecule has 0 nitrogen and oxygen atoms in total. The van der Waals surface area contributed by atoms with Crippen LogP contribution in [0.4, 0.5) is 0 Å². The number of hydrogen-bond acceptors (Lipinski definition) is 0. The number of halogens is 2. The summed E-state index contributed by atoms with van der Waals surface area (Å²) in [5.41, 5.74) is 6.02. The third kappa shape index (κ3) is 2.04. The molecule has 3 aromatic carbocycles. The fraction of sp³-hybridized carbons (Fsp3) is 0.217. The van der Waals surface area contributed by atoms with E-state index in [1.54, 1.807) is 5.57 Å². The average Bonchev–Trinajstić information content (AvgIpc) is 2.86. The van der Waals surface area contributed by atoms with E-state index in [0.29, 0.717) is 0 Å². The maximum absolute atomic E-state index is 3.89. The molecule has 0 radical (unpaired) electrons. The van der Waals surface area contributed by atoms with Crippen molar-refractivity contribution in [3.63, 3.8) is 0 Å². The Morgan fingerprint density at radius 3 is 2.20 bits per heavy atom. The molecule has 0 heterocycles. The molecule has 0 aliphatic heterocycles. The largest absolute Gasteiger partial charge is 0.0839 e. The lowest BCUT2D eigenvalue weighted by atomic mass is 9.79. The van der Waals surface area contributed by atoms with Gasteiger partial charge in [-0.1, -0.05) is 50.3 Å². The smallest absolute Gasteiger partial charge is 0.0333 e. The highest BCUT2D eigenvalue weighted by Gasteiger charge is 2.37. The molecule has 0 unspecified atom stereocenters. The topological polar surface area (TPSA) is 0 Å². The third-order valence-corrected chi connectivity index (χ3v) is 7.58. The van der Waals surface area contributed by atoms with Gasteiger partial charge in [0.05, 0.1) is 0 Å². The lowest BCUT2D eigenvalue weighted by Gasteiger charge is -2.24. The van der Waals surface area contributed by atoms with Crippen LogP contribution in [0.15, 0.2) is 63.1 Å². The van der Waals surface area contributed by atoms with E-state index >= 15 is 0 Å². The molecule has 2 heteroatoms. The Bertz CT molecular complexity index is 1130. The van der Waals surface area contributed by atoms with Crippen molar-refractivity contribution < 1.29 is 0 Å². The summed E-state index contributed by atoms with van der Waals surface area (Å²) in [5, 5.41) is 5.11. The number of allylic oxidation sites excluding steroid dienone is 4. The predicted molar refractivity (Wildman–Crippen MR) is 115 cm³/mol. The molecule has 0 aromatic heterocycles.